The van der Waals surface area contributed by atoms with Crippen molar-refractivity contribution in [3.8, 4) is 0 Å². The van der Waals surface area contributed by atoms with Crippen molar-refractivity contribution >= 4 is 11.8 Å². The summed E-state index contributed by atoms with van der Waals surface area (Å²) in [6.07, 6.45) is 1.37. The molecule has 1 aromatic rings. The topological polar surface area (TPSA) is 67.3 Å². The summed E-state index contributed by atoms with van der Waals surface area (Å²) in [7, 11) is 0. The highest BCUT2D eigenvalue weighted by Crippen LogP contribution is 2.01. The molecule has 0 bridgehead atoms. The van der Waals surface area contributed by atoms with Gasteiger partial charge in [0.2, 0.25) is 0 Å². The Labute approximate surface area is 75.2 Å². The van der Waals surface area contributed by atoms with E-state index in [1.54, 1.807) is 18.2 Å². The number of hydrogen-bond acceptors (Lipinski definition) is 3. The number of pyridine rings is 1. The quantitative estimate of drug-likeness (QED) is 0.703. The molecule has 0 unspecified atom stereocenters. The fraction of sp³-hybridized carbons (Fsp3) is 0.222. The third kappa shape index (κ3) is 3.02. The maximum atomic E-state index is 11.2. The van der Waals surface area contributed by atoms with Crippen LogP contribution in [0.2, 0.25) is 0 Å². The van der Waals surface area contributed by atoms with E-state index in [-0.39, 0.29) is 18.6 Å². The second kappa shape index (κ2) is 4.35. The average Bonchev–Trinajstić information content (AvgIpc) is 2.15. The fourth-order valence-electron chi connectivity index (χ4n) is 0.876. The Hall–Kier alpha value is -1.71. The first kappa shape index (κ1) is 9.38. The monoisotopic (exact) mass is 179 g/mol. The van der Waals surface area contributed by atoms with Gasteiger partial charge in [-0.15, -0.1) is 0 Å². The van der Waals surface area contributed by atoms with E-state index in [1.165, 1.54) is 6.20 Å². The Kier molecular flexibility index (Phi) is 3.14. The number of carboxylic acid groups (broad SMARTS) is 1. The molecule has 0 spiro atoms. The first-order valence-electron chi connectivity index (χ1n) is 3.86. The summed E-state index contributed by atoms with van der Waals surface area (Å²) >= 11 is 0. The second-order valence-corrected chi connectivity index (χ2v) is 2.53. The van der Waals surface area contributed by atoms with Gasteiger partial charge in [-0.25, -0.2) is 0 Å². The number of ketones is 1. The van der Waals surface area contributed by atoms with Gasteiger partial charge in [0.15, 0.2) is 5.78 Å². The molecular formula is C9H9NO3. The molecule has 0 aliphatic rings. The second-order valence-electron chi connectivity index (χ2n) is 2.53. The molecule has 0 saturated carbocycles. The van der Waals surface area contributed by atoms with E-state index in [2.05, 4.69) is 4.98 Å². The predicted molar refractivity (Wildman–Crippen MR) is 45.4 cm³/mol. The molecule has 4 nitrogen and oxygen atoms in total. The fourth-order valence-corrected chi connectivity index (χ4v) is 0.876. The molecule has 0 fully saturated rings. The SMILES string of the molecule is O=C(O)CCC(=O)c1ccccn1. The van der Waals surface area contributed by atoms with Crippen LogP contribution < -0.4 is 0 Å². The minimum atomic E-state index is -0.968. The standard InChI is InChI=1S/C9H9NO3/c11-8(4-5-9(12)13)7-3-1-2-6-10-7/h1-3,6H,4-5H2,(H,12,13). The zero-order chi connectivity index (χ0) is 9.68. The number of carbonyl (C=O) groups is 2. The average molecular weight is 179 g/mol. The number of aromatic nitrogens is 1. The molecule has 1 rings (SSSR count). The largest absolute Gasteiger partial charge is 0.481 e. The number of nitrogens with zero attached hydrogens (tertiary/aromatic N) is 1. The third-order valence-electron chi connectivity index (χ3n) is 1.52. The number of carbonyl (C=O) groups excluding carboxylic acids is 1. The van der Waals surface area contributed by atoms with Crippen molar-refractivity contribution in [3.63, 3.8) is 0 Å². The molecule has 0 aliphatic heterocycles. The van der Waals surface area contributed by atoms with Crippen molar-refractivity contribution in [3.05, 3.63) is 30.1 Å². The third-order valence-corrected chi connectivity index (χ3v) is 1.52. The Morgan fingerprint density at radius 1 is 1.31 bits per heavy atom. The van der Waals surface area contributed by atoms with E-state index in [0.29, 0.717) is 5.69 Å². The number of carboxylic acids is 1. The van der Waals surface area contributed by atoms with Crippen LogP contribution in [0.25, 0.3) is 0 Å². The Morgan fingerprint density at radius 2 is 2.08 bits per heavy atom. The summed E-state index contributed by atoms with van der Waals surface area (Å²) in [6.45, 7) is 0. The van der Waals surface area contributed by atoms with Gasteiger partial charge in [-0.3, -0.25) is 14.6 Å². The lowest BCUT2D eigenvalue weighted by Gasteiger charge is -1.96. The highest BCUT2D eigenvalue weighted by atomic mass is 16.4. The molecule has 0 saturated heterocycles. The van der Waals surface area contributed by atoms with Crippen LogP contribution in [0.1, 0.15) is 23.3 Å². The maximum Gasteiger partial charge on any atom is 0.303 e. The summed E-state index contributed by atoms with van der Waals surface area (Å²) in [6, 6.07) is 4.97. The summed E-state index contributed by atoms with van der Waals surface area (Å²) in [5.41, 5.74) is 0.323. The minimum absolute atomic E-state index is 0.00630. The molecule has 68 valence electrons. The van der Waals surface area contributed by atoms with Gasteiger partial charge in [0, 0.05) is 12.6 Å². The van der Waals surface area contributed by atoms with Gasteiger partial charge in [0.05, 0.1) is 6.42 Å². The lowest BCUT2D eigenvalue weighted by atomic mass is 10.1. The normalized spacial score (nSPS) is 9.54. The highest BCUT2D eigenvalue weighted by molar-refractivity contribution is 5.95. The van der Waals surface area contributed by atoms with Crippen LogP contribution in [0, 0.1) is 0 Å². The van der Waals surface area contributed by atoms with Crippen LogP contribution in [-0.4, -0.2) is 21.8 Å². The lowest BCUT2D eigenvalue weighted by Crippen LogP contribution is -2.05. The first-order chi connectivity index (χ1) is 6.20. The van der Waals surface area contributed by atoms with Crippen LogP contribution in [0.3, 0.4) is 0 Å². The van der Waals surface area contributed by atoms with Gasteiger partial charge in [-0.1, -0.05) is 6.07 Å². The first-order valence-corrected chi connectivity index (χ1v) is 3.86. The van der Waals surface area contributed by atoms with Gasteiger partial charge in [-0.2, -0.15) is 0 Å². The van der Waals surface area contributed by atoms with Gasteiger partial charge in [-0.05, 0) is 12.1 Å². The van der Waals surface area contributed by atoms with Crippen LogP contribution in [0.4, 0.5) is 0 Å². The Balaban J connectivity index is 2.54. The molecule has 0 aromatic carbocycles. The molecular weight excluding hydrogens is 170 g/mol. The highest BCUT2D eigenvalue weighted by Gasteiger charge is 2.08. The molecule has 0 amide bonds. The number of hydrogen-bond donors (Lipinski definition) is 1. The Morgan fingerprint density at radius 3 is 2.62 bits per heavy atom. The lowest BCUT2D eigenvalue weighted by molar-refractivity contribution is -0.136. The zero-order valence-corrected chi connectivity index (χ0v) is 6.93. The van der Waals surface area contributed by atoms with Crippen molar-refractivity contribution in [1.29, 1.82) is 0 Å². The molecule has 1 heterocycles. The van der Waals surface area contributed by atoms with Crippen LogP contribution in [-0.2, 0) is 4.79 Å². The molecule has 0 radical (unpaired) electrons. The van der Waals surface area contributed by atoms with Gasteiger partial charge >= 0.3 is 5.97 Å². The number of aliphatic carboxylic acids is 1. The van der Waals surface area contributed by atoms with Crippen molar-refractivity contribution in [2.24, 2.45) is 0 Å². The van der Waals surface area contributed by atoms with E-state index in [4.69, 9.17) is 5.11 Å². The number of Topliss-reactive ketones (excluding diaryl/α,β-unsaturated/α-hetero) is 1. The van der Waals surface area contributed by atoms with E-state index in [0.717, 1.165) is 0 Å². The molecule has 1 aromatic heterocycles. The summed E-state index contributed by atoms with van der Waals surface area (Å²) in [5, 5.41) is 8.34. The van der Waals surface area contributed by atoms with E-state index in [1.807, 2.05) is 0 Å². The van der Waals surface area contributed by atoms with E-state index < -0.39 is 5.97 Å². The molecule has 0 atom stereocenters. The minimum Gasteiger partial charge on any atom is -0.481 e. The van der Waals surface area contributed by atoms with E-state index in [9.17, 15) is 9.59 Å². The van der Waals surface area contributed by atoms with Crippen molar-refractivity contribution in [2.45, 2.75) is 12.8 Å². The molecule has 1 N–H and O–H groups in total. The van der Waals surface area contributed by atoms with Gasteiger partial charge in [0.25, 0.3) is 0 Å². The molecule has 4 heteroatoms. The maximum absolute atomic E-state index is 11.2. The van der Waals surface area contributed by atoms with E-state index >= 15 is 0 Å². The predicted octanol–water partition coefficient (Wildman–Crippen LogP) is 1.13. The summed E-state index contributed by atoms with van der Waals surface area (Å²) < 4.78 is 0. The van der Waals surface area contributed by atoms with Crippen LogP contribution in [0.5, 0.6) is 0 Å². The van der Waals surface area contributed by atoms with Crippen molar-refractivity contribution in [2.75, 3.05) is 0 Å². The molecule has 13 heavy (non-hydrogen) atoms. The van der Waals surface area contributed by atoms with Crippen molar-refractivity contribution in [1.82, 2.24) is 4.98 Å². The summed E-state index contributed by atoms with van der Waals surface area (Å²) in [4.78, 5) is 25.2. The Bertz CT molecular complexity index is 308. The summed E-state index contributed by atoms with van der Waals surface area (Å²) in [5.74, 6) is -1.20. The van der Waals surface area contributed by atoms with Gasteiger partial charge in [0.1, 0.15) is 5.69 Å². The van der Waals surface area contributed by atoms with Crippen LogP contribution in [0.15, 0.2) is 24.4 Å². The smallest absolute Gasteiger partial charge is 0.303 e. The number of rotatable bonds is 4. The van der Waals surface area contributed by atoms with Gasteiger partial charge < -0.3 is 5.11 Å². The zero-order valence-electron chi connectivity index (χ0n) is 6.93. The van der Waals surface area contributed by atoms with Crippen molar-refractivity contribution < 1.29 is 14.7 Å². The molecule has 0 aliphatic carbocycles. The van der Waals surface area contributed by atoms with Crippen LogP contribution >= 0.6 is 0 Å².